The number of nitrogens with one attached hydrogen (secondary N) is 1. The first-order valence-electron chi connectivity index (χ1n) is 7.51. The molecular formula is C18H17FN2O4. The molecule has 0 aromatic heterocycles. The number of halogens is 1. The molecule has 1 amide bonds. The number of rotatable bonds is 6. The molecule has 0 radical (unpaired) electrons. The molecule has 7 heteroatoms. The molecule has 0 saturated carbocycles. The van der Waals surface area contributed by atoms with Gasteiger partial charge in [0.1, 0.15) is 24.6 Å². The van der Waals surface area contributed by atoms with Gasteiger partial charge in [0.2, 0.25) is 0 Å². The summed E-state index contributed by atoms with van der Waals surface area (Å²) < 4.78 is 18.3. The molecule has 130 valence electrons. The van der Waals surface area contributed by atoms with Gasteiger partial charge in [-0.25, -0.2) is 9.18 Å². The predicted molar refractivity (Wildman–Crippen MR) is 86.7 cm³/mol. The molecule has 2 rings (SSSR count). The fraction of sp³-hybridized carbons (Fsp3) is 0.222. The van der Waals surface area contributed by atoms with Gasteiger partial charge in [-0.2, -0.15) is 5.26 Å². The minimum absolute atomic E-state index is 0.0413. The van der Waals surface area contributed by atoms with Crippen LogP contribution in [0.2, 0.25) is 0 Å². The van der Waals surface area contributed by atoms with Crippen LogP contribution in [-0.4, -0.2) is 29.0 Å². The van der Waals surface area contributed by atoms with Gasteiger partial charge in [-0.15, -0.1) is 0 Å². The number of aliphatic hydroxyl groups excluding tert-OH is 2. The summed E-state index contributed by atoms with van der Waals surface area (Å²) in [6.07, 6.45) is -3.73. The van der Waals surface area contributed by atoms with Crippen LogP contribution in [-0.2, 0) is 11.3 Å². The van der Waals surface area contributed by atoms with E-state index in [0.29, 0.717) is 0 Å². The third kappa shape index (κ3) is 5.28. The molecule has 3 N–H and O–H groups in total. The molecule has 25 heavy (non-hydrogen) atoms. The number of ether oxygens (including phenoxy) is 1. The second-order valence-electron chi connectivity index (χ2n) is 5.30. The Kier molecular flexibility index (Phi) is 6.46. The molecule has 0 aliphatic rings. The number of benzene rings is 2. The number of carbonyl (C=O) groups excluding carboxylic acids is 1. The van der Waals surface area contributed by atoms with Crippen LogP contribution in [0.15, 0.2) is 48.5 Å². The van der Waals surface area contributed by atoms with Crippen LogP contribution in [0.25, 0.3) is 0 Å². The number of nitriles is 1. The zero-order chi connectivity index (χ0) is 18.2. The third-order valence-electron chi connectivity index (χ3n) is 3.49. The lowest BCUT2D eigenvalue weighted by Gasteiger charge is -2.19. The summed E-state index contributed by atoms with van der Waals surface area (Å²) in [7, 11) is 0. The van der Waals surface area contributed by atoms with E-state index in [1.54, 1.807) is 12.1 Å². The molecule has 6 nitrogen and oxygen atoms in total. The SMILES string of the molecule is N#Cc1ccc(F)cc1C(O)C(O)CNC(=O)OCc1ccccc1. The Balaban J connectivity index is 1.87. The minimum Gasteiger partial charge on any atom is -0.445 e. The molecular weight excluding hydrogens is 327 g/mol. The van der Waals surface area contributed by atoms with Crippen molar-refractivity contribution < 1.29 is 24.1 Å². The van der Waals surface area contributed by atoms with Gasteiger partial charge in [-0.05, 0) is 23.8 Å². The Morgan fingerprint density at radius 1 is 1.24 bits per heavy atom. The fourth-order valence-electron chi connectivity index (χ4n) is 2.16. The molecule has 2 unspecified atom stereocenters. The number of amides is 1. The van der Waals surface area contributed by atoms with Crippen LogP contribution in [0.3, 0.4) is 0 Å². The second kappa shape index (κ2) is 8.78. The van der Waals surface area contributed by atoms with E-state index in [9.17, 15) is 19.4 Å². The monoisotopic (exact) mass is 344 g/mol. The molecule has 0 aliphatic carbocycles. The summed E-state index contributed by atoms with van der Waals surface area (Å²) in [5.41, 5.74) is 0.797. The van der Waals surface area contributed by atoms with Gasteiger partial charge in [0.25, 0.3) is 0 Å². The molecule has 0 spiro atoms. The maximum atomic E-state index is 13.3. The highest BCUT2D eigenvalue weighted by Crippen LogP contribution is 2.21. The van der Waals surface area contributed by atoms with E-state index < -0.39 is 24.1 Å². The summed E-state index contributed by atoms with van der Waals surface area (Å²) in [6.45, 7) is -0.260. The molecule has 2 aromatic carbocycles. The lowest BCUT2D eigenvalue weighted by molar-refractivity contribution is 0.0181. The summed E-state index contributed by atoms with van der Waals surface area (Å²) >= 11 is 0. The first-order chi connectivity index (χ1) is 12.0. The zero-order valence-corrected chi connectivity index (χ0v) is 13.2. The van der Waals surface area contributed by atoms with Crippen molar-refractivity contribution in [3.8, 4) is 6.07 Å². The quantitative estimate of drug-likeness (QED) is 0.744. The molecule has 0 fully saturated rings. The van der Waals surface area contributed by atoms with E-state index in [2.05, 4.69) is 5.32 Å². The van der Waals surface area contributed by atoms with Gasteiger partial charge in [0.05, 0.1) is 11.6 Å². The van der Waals surface area contributed by atoms with Gasteiger partial charge in [-0.1, -0.05) is 30.3 Å². The summed E-state index contributed by atoms with van der Waals surface area (Å²) in [4.78, 5) is 11.6. The molecule has 0 bridgehead atoms. The van der Waals surface area contributed by atoms with Crippen LogP contribution in [0.4, 0.5) is 9.18 Å². The van der Waals surface area contributed by atoms with Crippen LogP contribution in [0.5, 0.6) is 0 Å². The molecule has 0 saturated heterocycles. The van der Waals surface area contributed by atoms with Crippen LogP contribution in [0, 0.1) is 17.1 Å². The third-order valence-corrected chi connectivity index (χ3v) is 3.49. The van der Waals surface area contributed by atoms with Crippen molar-refractivity contribution >= 4 is 6.09 Å². The molecule has 2 atom stereocenters. The highest BCUT2D eigenvalue weighted by molar-refractivity contribution is 5.67. The van der Waals surface area contributed by atoms with Crippen molar-refractivity contribution in [1.82, 2.24) is 5.32 Å². The normalized spacial score (nSPS) is 12.7. The van der Waals surface area contributed by atoms with E-state index in [4.69, 9.17) is 10.00 Å². The Labute approximate surface area is 144 Å². The number of alkyl carbamates (subject to hydrolysis) is 1. The lowest BCUT2D eigenvalue weighted by atomic mass is 9.99. The van der Waals surface area contributed by atoms with Crippen molar-refractivity contribution in [1.29, 1.82) is 5.26 Å². The summed E-state index contributed by atoms with van der Waals surface area (Å²) in [6, 6.07) is 14.1. The zero-order valence-electron chi connectivity index (χ0n) is 13.2. The van der Waals surface area contributed by atoms with Crippen LogP contribution in [0.1, 0.15) is 22.8 Å². The Hall–Kier alpha value is -2.95. The predicted octanol–water partition coefficient (Wildman–Crippen LogP) is 2.02. The van der Waals surface area contributed by atoms with Crippen LogP contribution < -0.4 is 5.32 Å². The average molecular weight is 344 g/mol. The summed E-state index contributed by atoms with van der Waals surface area (Å²) in [5.74, 6) is -0.643. The Morgan fingerprint density at radius 2 is 1.96 bits per heavy atom. The van der Waals surface area contributed by atoms with Crippen molar-refractivity contribution in [3.05, 3.63) is 71.0 Å². The topological polar surface area (TPSA) is 103 Å². The molecule has 0 heterocycles. The minimum atomic E-state index is -1.53. The maximum absolute atomic E-state index is 13.3. The van der Waals surface area contributed by atoms with Crippen molar-refractivity contribution in [3.63, 3.8) is 0 Å². The van der Waals surface area contributed by atoms with E-state index >= 15 is 0 Å². The summed E-state index contributed by atoms with van der Waals surface area (Å²) in [5, 5.41) is 31.3. The van der Waals surface area contributed by atoms with E-state index in [1.807, 2.05) is 24.3 Å². The number of hydrogen-bond acceptors (Lipinski definition) is 5. The maximum Gasteiger partial charge on any atom is 0.407 e. The smallest absolute Gasteiger partial charge is 0.407 e. The number of aliphatic hydroxyl groups is 2. The fourth-order valence-corrected chi connectivity index (χ4v) is 2.16. The van der Waals surface area contributed by atoms with Crippen molar-refractivity contribution in [2.75, 3.05) is 6.54 Å². The molecule has 0 aliphatic heterocycles. The average Bonchev–Trinajstić information content (AvgIpc) is 2.64. The Bertz CT molecular complexity index is 761. The van der Waals surface area contributed by atoms with E-state index in [0.717, 1.165) is 17.7 Å². The first kappa shape index (κ1) is 18.4. The van der Waals surface area contributed by atoms with E-state index in [-0.39, 0.29) is 24.3 Å². The standard InChI is InChI=1S/C18H17FN2O4/c19-14-7-6-13(9-20)15(8-14)17(23)16(22)10-21-18(24)25-11-12-4-2-1-3-5-12/h1-8,16-17,22-23H,10-11H2,(H,21,24). The first-order valence-corrected chi connectivity index (χ1v) is 7.51. The largest absolute Gasteiger partial charge is 0.445 e. The lowest BCUT2D eigenvalue weighted by Crippen LogP contribution is -2.36. The van der Waals surface area contributed by atoms with Gasteiger partial charge < -0.3 is 20.3 Å². The molecule has 2 aromatic rings. The van der Waals surface area contributed by atoms with Crippen molar-refractivity contribution in [2.45, 2.75) is 18.8 Å². The van der Waals surface area contributed by atoms with Gasteiger partial charge in [0, 0.05) is 12.1 Å². The van der Waals surface area contributed by atoms with Gasteiger partial charge in [-0.3, -0.25) is 0 Å². The second-order valence-corrected chi connectivity index (χ2v) is 5.30. The highest BCUT2D eigenvalue weighted by Gasteiger charge is 2.22. The van der Waals surface area contributed by atoms with Gasteiger partial charge in [0.15, 0.2) is 0 Å². The van der Waals surface area contributed by atoms with Crippen molar-refractivity contribution in [2.24, 2.45) is 0 Å². The number of carbonyl (C=O) groups is 1. The highest BCUT2D eigenvalue weighted by atomic mass is 19.1. The number of nitrogens with zero attached hydrogens (tertiary/aromatic N) is 1. The number of hydrogen-bond donors (Lipinski definition) is 3. The van der Waals surface area contributed by atoms with Gasteiger partial charge >= 0.3 is 6.09 Å². The Morgan fingerprint density at radius 3 is 2.64 bits per heavy atom. The van der Waals surface area contributed by atoms with Crippen LogP contribution >= 0.6 is 0 Å². The van der Waals surface area contributed by atoms with E-state index in [1.165, 1.54) is 6.07 Å².